The van der Waals surface area contributed by atoms with Crippen LogP contribution in [-0.4, -0.2) is 69.9 Å². The lowest BCUT2D eigenvalue weighted by atomic mass is 9.71. The van der Waals surface area contributed by atoms with E-state index in [1.165, 1.54) is 0 Å². The number of likely N-dealkylation sites (tertiary alicyclic amines) is 2. The molecular formula is C20H27N5O2. The average molecular weight is 369 g/mol. The third kappa shape index (κ3) is 3.43. The number of nitrogens with one attached hydrogen (secondary N) is 1. The number of H-pyrrole nitrogens is 1. The number of nitrogens with zero attached hydrogens (tertiary/aromatic N) is 4. The first-order valence-electron chi connectivity index (χ1n) is 9.40. The van der Waals surface area contributed by atoms with Crippen LogP contribution in [0.15, 0.2) is 30.3 Å². The number of aromatic nitrogens is 3. The normalized spacial score (nSPS) is 22.1. The second kappa shape index (κ2) is 6.34. The summed E-state index contributed by atoms with van der Waals surface area (Å²) in [5, 5.41) is 7.55. The van der Waals surface area contributed by atoms with Crippen LogP contribution in [0.25, 0.3) is 11.4 Å². The number of rotatable bonds is 2. The average Bonchev–Trinajstić information content (AvgIpc) is 3.19. The Morgan fingerprint density at radius 3 is 2.56 bits per heavy atom. The molecule has 0 radical (unpaired) electrons. The first-order valence-corrected chi connectivity index (χ1v) is 9.40. The van der Waals surface area contributed by atoms with Gasteiger partial charge in [-0.15, -0.1) is 0 Å². The number of aromatic amines is 1. The molecule has 2 aliphatic heterocycles. The lowest BCUT2D eigenvalue weighted by molar-refractivity contribution is 0.00440. The van der Waals surface area contributed by atoms with Crippen molar-refractivity contribution < 1.29 is 9.53 Å². The maximum Gasteiger partial charge on any atom is 0.410 e. The predicted octanol–water partition coefficient (Wildman–Crippen LogP) is 2.74. The fourth-order valence-electron chi connectivity index (χ4n) is 4.31. The van der Waals surface area contributed by atoms with Crippen LogP contribution in [0.1, 0.15) is 32.5 Å². The molecule has 1 aromatic carbocycles. The van der Waals surface area contributed by atoms with Gasteiger partial charge >= 0.3 is 6.09 Å². The van der Waals surface area contributed by atoms with E-state index in [1.54, 1.807) is 0 Å². The van der Waals surface area contributed by atoms with Crippen LogP contribution in [-0.2, 0) is 4.74 Å². The van der Waals surface area contributed by atoms with Crippen molar-refractivity contribution in [3.05, 3.63) is 36.2 Å². The van der Waals surface area contributed by atoms with Crippen molar-refractivity contribution in [1.29, 1.82) is 0 Å². The number of amides is 1. The van der Waals surface area contributed by atoms with Gasteiger partial charge in [0.1, 0.15) is 11.4 Å². The van der Waals surface area contributed by atoms with Crippen molar-refractivity contribution in [2.45, 2.75) is 32.3 Å². The first kappa shape index (κ1) is 18.0. The monoisotopic (exact) mass is 369 g/mol. The molecule has 0 aliphatic carbocycles. The summed E-state index contributed by atoms with van der Waals surface area (Å²) >= 11 is 0. The summed E-state index contributed by atoms with van der Waals surface area (Å²) in [6, 6.07) is 9.94. The van der Waals surface area contributed by atoms with Gasteiger partial charge in [0.15, 0.2) is 5.82 Å². The Kier molecular flexibility index (Phi) is 4.22. The molecule has 27 heavy (non-hydrogen) atoms. The summed E-state index contributed by atoms with van der Waals surface area (Å²) in [5.41, 5.74) is 0.506. The molecule has 7 heteroatoms. The van der Waals surface area contributed by atoms with Gasteiger partial charge in [0.2, 0.25) is 0 Å². The fourth-order valence-corrected chi connectivity index (χ4v) is 4.31. The zero-order valence-corrected chi connectivity index (χ0v) is 16.4. The molecule has 2 fully saturated rings. The summed E-state index contributed by atoms with van der Waals surface area (Å²) in [7, 11) is 2.11. The maximum atomic E-state index is 12.6. The molecule has 7 nitrogen and oxygen atoms in total. The van der Waals surface area contributed by atoms with Crippen LogP contribution in [0.3, 0.4) is 0 Å². The zero-order chi connectivity index (χ0) is 19.2. The summed E-state index contributed by atoms with van der Waals surface area (Å²) in [6.07, 6.45) is -0.248. The second-order valence-corrected chi connectivity index (χ2v) is 8.86. The van der Waals surface area contributed by atoms with Gasteiger partial charge in [-0.25, -0.2) is 9.78 Å². The van der Waals surface area contributed by atoms with E-state index >= 15 is 0 Å². The van der Waals surface area contributed by atoms with Crippen LogP contribution in [0.2, 0.25) is 0 Å². The molecule has 1 N–H and O–H groups in total. The first-order chi connectivity index (χ1) is 12.8. The van der Waals surface area contributed by atoms with Gasteiger partial charge in [0.25, 0.3) is 0 Å². The largest absolute Gasteiger partial charge is 0.444 e. The summed E-state index contributed by atoms with van der Waals surface area (Å²) in [4.78, 5) is 21.5. The van der Waals surface area contributed by atoms with E-state index < -0.39 is 5.60 Å². The Bertz CT molecular complexity index is 820. The van der Waals surface area contributed by atoms with E-state index in [1.807, 2.05) is 56.0 Å². The summed E-state index contributed by atoms with van der Waals surface area (Å²) in [5.74, 6) is 1.68. The van der Waals surface area contributed by atoms with Crippen LogP contribution in [0, 0.1) is 5.41 Å². The molecule has 1 spiro atoms. The fraction of sp³-hybridized carbons (Fsp3) is 0.550. The van der Waals surface area contributed by atoms with Crippen LogP contribution < -0.4 is 0 Å². The maximum absolute atomic E-state index is 12.6. The van der Waals surface area contributed by atoms with Gasteiger partial charge < -0.3 is 14.5 Å². The standard InChI is InChI=1S/C20H27N5O2/c1-19(2,3)27-18(26)25-10-15(20(13-25)11-24(4)12-20)17-21-16(22-23-17)14-8-6-5-7-9-14/h5-9,15H,10-13H2,1-4H3,(H,21,22,23). The van der Waals surface area contributed by atoms with E-state index in [-0.39, 0.29) is 17.4 Å². The Balaban J connectivity index is 1.58. The van der Waals surface area contributed by atoms with Gasteiger partial charge in [-0.05, 0) is 27.8 Å². The van der Waals surface area contributed by atoms with Gasteiger partial charge in [-0.3, -0.25) is 5.10 Å². The zero-order valence-electron chi connectivity index (χ0n) is 16.4. The number of carbonyl (C=O) groups is 1. The van der Waals surface area contributed by atoms with Gasteiger partial charge in [-0.1, -0.05) is 30.3 Å². The third-order valence-corrected chi connectivity index (χ3v) is 5.33. The van der Waals surface area contributed by atoms with Gasteiger partial charge in [0, 0.05) is 43.1 Å². The molecule has 3 heterocycles. The minimum absolute atomic E-state index is 0.0130. The highest BCUT2D eigenvalue weighted by atomic mass is 16.6. The van der Waals surface area contributed by atoms with E-state index in [0.29, 0.717) is 18.9 Å². The van der Waals surface area contributed by atoms with Crippen molar-refractivity contribution in [1.82, 2.24) is 25.0 Å². The Morgan fingerprint density at radius 2 is 1.93 bits per heavy atom. The number of ether oxygens (including phenoxy) is 1. The molecule has 1 atom stereocenters. The smallest absolute Gasteiger partial charge is 0.410 e. The van der Waals surface area contributed by atoms with Gasteiger partial charge in [0.05, 0.1) is 0 Å². The number of hydrogen-bond acceptors (Lipinski definition) is 5. The molecule has 0 saturated carbocycles. The number of hydrogen-bond donors (Lipinski definition) is 1. The topological polar surface area (TPSA) is 74.3 Å². The molecule has 2 saturated heterocycles. The van der Waals surface area contributed by atoms with E-state index in [0.717, 1.165) is 24.5 Å². The number of carbonyl (C=O) groups excluding carboxylic acids is 1. The molecule has 2 aliphatic rings. The van der Waals surface area contributed by atoms with Crippen molar-refractivity contribution in [3.8, 4) is 11.4 Å². The minimum Gasteiger partial charge on any atom is -0.444 e. The van der Waals surface area contributed by atoms with E-state index in [2.05, 4.69) is 22.1 Å². The van der Waals surface area contributed by atoms with Crippen LogP contribution >= 0.6 is 0 Å². The van der Waals surface area contributed by atoms with E-state index in [4.69, 9.17) is 9.72 Å². The summed E-state index contributed by atoms with van der Waals surface area (Å²) in [6.45, 7) is 8.87. The Morgan fingerprint density at radius 1 is 1.22 bits per heavy atom. The van der Waals surface area contributed by atoms with Crippen LogP contribution in [0.5, 0.6) is 0 Å². The van der Waals surface area contributed by atoms with E-state index in [9.17, 15) is 4.79 Å². The lowest BCUT2D eigenvalue weighted by Crippen LogP contribution is -2.58. The Hall–Kier alpha value is -2.41. The van der Waals surface area contributed by atoms with Crippen molar-refractivity contribution in [3.63, 3.8) is 0 Å². The quantitative estimate of drug-likeness (QED) is 0.881. The number of benzene rings is 1. The van der Waals surface area contributed by atoms with Crippen molar-refractivity contribution in [2.75, 3.05) is 33.2 Å². The Labute approximate surface area is 159 Å². The SMILES string of the molecule is CN1CC2(C1)CN(C(=O)OC(C)(C)C)CC2c1nc(-c2ccccc2)n[nH]1. The third-order valence-electron chi connectivity index (χ3n) is 5.33. The molecule has 1 amide bonds. The van der Waals surface area contributed by atoms with Gasteiger partial charge in [-0.2, -0.15) is 5.10 Å². The predicted molar refractivity (Wildman–Crippen MR) is 102 cm³/mol. The lowest BCUT2D eigenvalue weighted by Gasteiger charge is -2.48. The minimum atomic E-state index is -0.495. The molecule has 144 valence electrons. The highest BCUT2D eigenvalue weighted by molar-refractivity contribution is 5.69. The van der Waals surface area contributed by atoms with Crippen LogP contribution in [0.4, 0.5) is 4.79 Å². The molecule has 1 aromatic heterocycles. The second-order valence-electron chi connectivity index (χ2n) is 8.86. The molecule has 2 aromatic rings. The highest BCUT2D eigenvalue weighted by Crippen LogP contribution is 2.48. The highest BCUT2D eigenvalue weighted by Gasteiger charge is 2.56. The summed E-state index contributed by atoms with van der Waals surface area (Å²) < 4.78 is 5.60. The van der Waals surface area contributed by atoms with Crippen molar-refractivity contribution in [2.24, 2.45) is 5.41 Å². The molecule has 1 unspecified atom stereocenters. The molecular weight excluding hydrogens is 342 g/mol. The molecule has 4 rings (SSSR count). The molecule has 0 bridgehead atoms. The van der Waals surface area contributed by atoms with Crippen molar-refractivity contribution >= 4 is 6.09 Å².